The summed E-state index contributed by atoms with van der Waals surface area (Å²) in [6.45, 7) is 7.84. The standard InChI is InChI=1S/C10H13Br2Cl/c1-7(2)10(13)5-4-9(6-11)8(3)12/h6H,3-5H2,1-2H3. The lowest BCUT2D eigenvalue weighted by Gasteiger charge is -2.04. The maximum Gasteiger partial charge on any atom is 0.0170 e. The van der Waals surface area contributed by atoms with Gasteiger partial charge in [0.05, 0.1) is 0 Å². The Labute approximate surface area is 102 Å². The van der Waals surface area contributed by atoms with Gasteiger partial charge in [-0.05, 0) is 37.2 Å². The van der Waals surface area contributed by atoms with Crippen LogP contribution in [0, 0.1) is 0 Å². The molecule has 0 heterocycles. The summed E-state index contributed by atoms with van der Waals surface area (Å²) in [5, 5.41) is 0.931. The number of hydrogen-bond donors (Lipinski definition) is 0. The van der Waals surface area contributed by atoms with Gasteiger partial charge in [-0.2, -0.15) is 0 Å². The zero-order valence-corrected chi connectivity index (χ0v) is 11.8. The molecular formula is C10H13Br2Cl. The highest BCUT2D eigenvalue weighted by Gasteiger charge is 2.01. The van der Waals surface area contributed by atoms with Gasteiger partial charge in [0, 0.05) is 9.51 Å². The van der Waals surface area contributed by atoms with Gasteiger partial charge in [0.25, 0.3) is 0 Å². The van der Waals surface area contributed by atoms with E-state index in [-0.39, 0.29) is 0 Å². The molecule has 0 N–H and O–H groups in total. The summed E-state index contributed by atoms with van der Waals surface area (Å²) in [6.07, 6.45) is 1.77. The fraction of sp³-hybridized carbons (Fsp3) is 0.400. The Morgan fingerprint density at radius 1 is 1.38 bits per heavy atom. The van der Waals surface area contributed by atoms with Crippen molar-refractivity contribution in [3.05, 3.63) is 32.2 Å². The van der Waals surface area contributed by atoms with Crippen molar-refractivity contribution in [3.8, 4) is 0 Å². The van der Waals surface area contributed by atoms with E-state index in [1.54, 1.807) is 0 Å². The molecule has 0 aliphatic carbocycles. The van der Waals surface area contributed by atoms with Crippen LogP contribution >= 0.6 is 43.5 Å². The molecule has 74 valence electrons. The van der Waals surface area contributed by atoms with Crippen molar-refractivity contribution in [3.63, 3.8) is 0 Å². The van der Waals surface area contributed by atoms with Crippen molar-refractivity contribution in [1.29, 1.82) is 0 Å². The molecule has 0 aromatic rings. The van der Waals surface area contributed by atoms with Crippen molar-refractivity contribution < 1.29 is 0 Å². The van der Waals surface area contributed by atoms with Gasteiger partial charge in [0.2, 0.25) is 0 Å². The summed E-state index contributed by atoms with van der Waals surface area (Å²) < 4.78 is 0.905. The van der Waals surface area contributed by atoms with Gasteiger partial charge in [-0.1, -0.05) is 55.6 Å². The fourth-order valence-electron chi connectivity index (χ4n) is 0.744. The molecule has 0 rings (SSSR count). The molecule has 0 fully saturated rings. The van der Waals surface area contributed by atoms with Crippen LogP contribution in [0.1, 0.15) is 26.7 Å². The largest absolute Gasteiger partial charge is 0.0892 e. The topological polar surface area (TPSA) is 0 Å². The summed E-state index contributed by atoms with van der Waals surface area (Å²) in [5.74, 6) is 0. The first-order valence-electron chi connectivity index (χ1n) is 3.95. The summed E-state index contributed by atoms with van der Waals surface area (Å²) in [6, 6.07) is 0. The van der Waals surface area contributed by atoms with Crippen molar-refractivity contribution in [1.82, 2.24) is 0 Å². The molecule has 0 atom stereocenters. The molecule has 0 aliphatic rings. The Morgan fingerprint density at radius 2 is 1.92 bits per heavy atom. The van der Waals surface area contributed by atoms with Gasteiger partial charge in [-0.15, -0.1) is 0 Å². The molecule has 0 amide bonds. The Kier molecular flexibility index (Phi) is 7.10. The number of rotatable bonds is 4. The summed E-state index contributed by atoms with van der Waals surface area (Å²) in [5.41, 5.74) is 2.31. The van der Waals surface area contributed by atoms with Crippen LogP contribution in [-0.2, 0) is 0 Å². The predicted octanol–water partition coefficient (Wildman–Crippen LogP) is 5.49. The fourth-order valence-corrected chi connectivity index (χ4v) is 1.96. The van der Waals surface area contributed by atoms with Crippen molar-refractivity contribution in [2.75, 3.05) is 0 Å². The van der Waals surface area contributed by atoms with E-state index in [0.29, 0.717) is 0 Å². The predicted molar refractivity (Wildman–Crippen MR) is 68.5 cm³/mol. The highest BCUT2D eigenvalue weighted by atomic mass is 79.9. The molecule has 0 unspecified atom stereocenters. The molecule has 0 nitrogen and oxygen atoms in total. The molecule has 13 heavy (non-hydrogen) atoms. The van der Waals surface area contributed by atoms with Crippen LogP contribution in [0.25, 0.3) is 0 Å². The maximum atomic E-state index is 6.01. The zero-order valence-electron chi connectivity index (χ0n) is 7.83. The molecule has 0 bridgehead atoms. The molecule has 0 radical (unpaired) electrons. The SMILES string of the molecule is C=C(Br)C(=CBr)CCC(Cl)=C(C)C. The van der Waals surface area contributed by atoms with E-state index >= 15 is 0 Å². The normalized spacial score (nSPS) is 11.3. The second-order valence-electron chi connectivity index (χ2n) is 2.94. The molecule has 0 saturated carbocycles. The third-order valence-corrected chi connectivity index (χ3v) is 3.27. The summed E-state index contributed by atoms with van der Waals surface area (Å²) >= 11 is 12.6. The molecular weight excluding hydrogens is 315 g/mol. The minimum atomic E-state index is 0.867. The first-order valence-corrected chi connectivity index (χ1v) is 6.03. The average Bonchev–Trinajstić information content (AvgIpc) is 2.04. The monoisotopic (exact) mass is 326 g/mol. The summed E-state index contributed by atoms with van der Waals surface area (Å²) in [7, 11) is 0. The van der Waals surface area contributed by atoms with E-state index in [2.05, 4.69) is 38.4 Å². The average molecular weight is 328 g/mol. The first kappa shape index (κ1) is 13.5. The minimum absolute atomic E-state index is 0.867. The Balaban J connectivity index is 4.18. The highest BCUT2D eigenvalue weighted by Crippen LogP contribution is 2.25. The van der Waals surface area contributed by atoms with E-state index in [1.165, 1.54) is 5.57 Å². The van der Waals surface area contributed by atoms with Crippen LogP contribution in [0.3, 0.4) is 0 Å². The quantitative estimate of drug-likeness (QED) is 0.599. The van der Waals surface area contributed by atoms with Crippen LogP contribution in [-0.4, -0.2) is 0 Å². The molecule has 0 spiro atoms. The molecule has 0 aliphatic heterocycles. The van der Waals surface area contributed by atoms with Crippen LogP contribution in [0.2, 0.25) is 0 Å². The van der Waals surface area contributed by atoms with E-state index in [1.807, 2.05) is 18.8 Å². The van der Waals surface area contributed by atoms with Crippen LogP contribution in [0.5, 0.6) is 0 Å². The number of halogens is 3. The van der Waals surface area contributed by atoms with Crippen molar-refractivity contribution in [2.24, 2.45) is 0 Å². The minimum Gasteiger partial charge on any atom is -0.0892 e. The highest BCUT2D eigenvalue weighted by molar-refractivity contribution is 9.12. The number of allylic oxidation sites excluding steroid dienone is 4. The van der Waals surface area contributed by atoms with Crippen molar-refractivity contribution in [2.45, 2.75) is 26.7 Å². The zero-order chi connectivity index (χ0) is 10.4. The molecule has 0 saturated heterocycles. The van der Waals surface area contributed by atoms with Gasteiger partial charge >= 0.3 is 0 Å². The number of hydrogen-bond acceptors (Lipinski definition) is 0. The Bertz CT molecular complexity index is 248. The van der Waals surface area contributed by atoms with E-state index in [4.69, 9.17) is 11.6 Å². The first-order chi connectivity index (χ1) is 5.99. The van der Waals surface area contributed by atoms with Gasteiger partial charge < -0.3 is 0 Å². The maximum absolute atomic E-state index is 6.01. The second-order valence-corrected chi connectivity index (χ2v) is 4.82. The van der Waals surface area contributed by atoms with Gasteiger partial charge in [-0.3, -0.25) is 0 Å². The van der Waals surface area contributed by atoms with Crippen LogP contribution < -0.4 is 0 Å². The second kappa shape index (κ2) is 6.86. The van der Waals surface area contributed by atoms with Gasteiger partial charge in [0.1, 0.15) is 0 Å². The molecule has 0 aromatic heterocycles. The Morgan fingerprint density at radius 3 is 2.23 bits per heavy atom. The van der Waals surface area contributed by atoms with E-state index in [9.17, 15) is 0 Å². The lowest BCUT2D eigenvalue weighted by molar-refractivity contribution is 0.978. The van der Waals surface area contributed by atoms with Gasteiger partial charge in [0.15, 0.2) is 0 Å². The molecule has 3 heteroatoms. The lowest BCUT2D eigenvalue weighted by Crippen LogP contribution is -1.84. The third-order valence-electron chi connectivity index (χ3n) is 1.64. The van der Waals surface area contributed by atoms with E-state index in [0.717, 1.165) is 27.9 Å². The van der Waals surface area contributed by atoms with Crippen LogP contribution in [0.15, 0.2) is 32.2 Å². The summed E-state index contributed by atoms with van der Waals surface area (Å²) in [4.78, 5) is 1.87. The van der Waals surface area contributed by atoms with Crippen molar-refractivity contribution >= 4 is 43.5 Å². The Hall–Kier alpha value is 0.470. The third kappa shape index (κ3) is 5.71. The van der Waals surface area contributed by atoms with E-state index < -0.39 is 0 Å². The van der Waals surface area contributed by atoms with Gasteiger partial charge in [-0.25, -0.2) is 0 Å². The molecule has 0 aromatic carbocycles. The lowest BCUT2D eigenvalue weighted by atomic mass is 10.1. The smallest absolute Gasteiger partial charge is 0.0170 e. The van der Waals surface area contributed by atoms with Crippen LogP contribution in [0.4, 0.5) is 0 Å².